The van der Waals surface area contributed by atoms with Crippen molar-refractivity contribution in [3.05, 3.63) is 58.5 Å². The van der Waals surface area contributed by atoms with Crippen LogP contribution < -0.4 is 0 Å². The lowest BCUT2D eigenvalue weighted by molar-refractivity contribution is 0.0695. The first kappa shape index (κ1) is 13.6. The van der Waals surface area contributed by atoms with Crippen molar-refractivity contribution >= 4 is 28.5 Å². The van der Waals surface area contributed by atoms with E-state index in [0.717, 1.165) is 16.6 Å². The van der Waals surface area contributed by atoms with Crippen molar-refractivity contribution in [3.8, 4) is 0 Å². The van der Waals surface area contributed by atoms with Crippen LogP contribution >= 0.6 is 11.6 Å². The van der Waals surface area contributed by atoms with Crippen LogP contribution in [0.5, 0.6) is 0 Å². The summed E-state index contributed by atoms with van der Waals surface area (Å²) >= 11 is 6.04. The summed E-state index contributed by atoms with van der Waals surface area (Å²) in [6.07, 6.45) is 3.43. The predicted octanol–water partition coefficient (Wildman–Crippen LogP) is 2.91. The van der Waals surface area contributed by atoms with Gasteiger partial charge in [-0.15, -0.1) is 0 Å². The zero-order valence-corrected chi connectivity index (χ0v) is 12.0. The van der Waals surface area contributed by atoms with Crippen LogP contribution in [0.3, 0.4) is 0 Å². The Morgan fingerprint density at radius 3 is 2.95 bits per heavy atom. The third kappa shape index (κ3) is 2.48. The molecule has 21 heavy (non-hydrogen) atoms. The third-order valence-corrected chi connectivity index (χ3v) is 3.62. The highest BCUT2D eigenvalue weighted by Crippen LogP contribution is 2.24. The van der Waals surface area contributed by atoms with E-state index in [2.05, 4.69) is 10.1 Å². The molecule has 0 atom stereocenters. The highest BCUT2D eigenvalue weighted by Gasteiger charge is 2.14. The molecule has 0 spiro atoms. The van der Waals surface area contributed by atoms with Gasteiger partial charge in [0.05, 0.1) is 16.8 Å². The van der Waals surface area contributed by atoms with E-state index in [9.17, 15) is 9.90 Å². The van der Waals surface area contributed by atoms with Crippen LogP contribution in [0.2, 0.25) is 5.02 Å². The molecular weight excluding hydrogens is 290 g/mol. The molecule has 2 heterocycles. The van der Waals surface area contributed by atoms with Crippen molar-refractivity contribution < 1.29 is 9.90 Å². The summed E-state index contributed by atoms with van der Waals surface area (Å²) in [6, 6.07) is 7.05. The van der Waals surface area contributed by atoms with Crippen LogP contribution in [0.15, 0.2) is 36.7 Å². The van der Waals surface area contributed by atoms with Crippen molar-refractivity contribution in [2.45, 2.75) is 6.42 Å². The van der Waals surface area contributed by atoms with E-state index < -0.39 is 5.97 Å². The molecule has 0 saturated heterocycles. The largest absolute Gasteiger partial charge is 0.478 e. The number of pyridine rings is 1. The van der Waals surface area contributed by atoms with Gasteiger partial charge >= 0.3 is 5.97 Å². The molecule has 0 fully saturated rings. The number of rotatable bonds is 3. The van der Waals surface area contributed by atoms with Crippen LogP contribution in [0.1, 0.15) is 21.6 Å². The lowest BCUT2D eigenvalue weighted by atomic mass is 10.0. The maximum Gasteiger partial charge on any atom is 0.336 e. The molecule has 5 nitrogen and oxygen atoms in total. The Kier molecular flexibility index (Phi) is 3.35. The number of hydrogen-bond acceptors (Lipinski definition) is 3. The van der Waals surface area contributed by atoms with Crippen LogP contribution in [-0.2, 0) is 13.5 Å². The van der Waals surface area contributed by atoms with Gasteiger partial charge in [-0.3, -0.25) is 9.67 Å². The second-order valence-electron chi connectivity index (χ2n) is 4.75. The number of fused-ring (bicyclic) bond motifs is 1. The average molecular weight is 302 g/mol. The predicted molar refractivity (Wildman–Crippen MR) is 79.7 cm³/mol. The molecule has 1 N–H and O–H groups in total. The number of aryl methyl sites for hydroxylation is 1. The molecule has 106 valence electrons. The number of carbonyl (C=O) groups is 1. The van der Waals surface area contributed by atoms with Gasteiger partial charge in [0.25, 0.3) is 0 Å². The zero-order chi connectivity index (χ0) is 15.0. The van der Waals surface area contributed by atoms with Crippen molar-refractivity contribution in [2.75, 3.05) is 0 Å². The minimum absolute atomic E-state index is 0.242. The van der Waals surface area contributed by atoms with Crippen molar-refractivity contribution in [3.63, 3.8) is 0 Å². The normalized spacial score (nSPS) is 11.0. The molecule has 0 aliphatic heterocycles. The van der Waals surface area contributed by atoms with Gasteiger partial charge in [0, 0.05) is 36.3 Å². The Labute approximate surface area is 125 Å². The first-order valence-electron chi connectivity index (χ1n) is 6.33. The van der Waals surface area contributed by atoms with Crippen molar-refractivity contribution in [1.29, 1.82) is 0 Å². The molecule has 3 rings (SSSR count). The van der Waals surface area contributed by atoms with Crippen LogP contribution in [0.4, 0.5) is 0 Å². The maximum absolute atomic E-state index is 11.3. The van der Waals surface area contributed by atoms with E-state index in [1.54, 1.807) is 10.9 Å². The lowest BCUT2D eigenvalue weighted by Gasteiger charge is -2.03. The van der Waals surface area contributed by atoms with E-state index in [0.29, 0.717) is 17.0 Å². The molecule has 0 aliphatic carbocycles. The lowest BCUT2D eigenvalue weighted by Crippen LogP contribution is -2.04. The minimum atomic E-state index is -0.967. The monoisotopic (exact) mass is 301 g/mol. The summed E-state index contributed by atoms with van der Waals surface area (Å²) in [7, 11) is 1.85. The number of nitrogens with zero attached hydrogens (tertiary/aromatic N) is 3. The second kappa shape index (κ2) is 5.18. The van der Waals surface area contributed by atoms with Crippen LogP contribution in [-0.4, -0.2) is 25.8 Å². The molecule has 0 amide bonds. The molecule has 1 aromatic carbocycles. The molecule has 0 radical (unpaired) electrons. The molecule has 2 aromatic heterocycles. The first-order valence-corrected chi connectivity index (χ1v) is 6.71. The number of aromatic nitrogens is 3. The summed E-state index contributed by atoms with van der Waals surface area (Å²) in [5, 5.41) is 15.2. The Hall–Kier alpha value is -2.40. The fourth-order valence-corrected chi connectivity index (χ4v) is 2.57. The fourth-order valence-electron chi connectivity index (χ4n) is 2.40. The van der Waals surface area contributed by atoms with E-state index in [1.165, 1.54) is 12.3 Å². The van der Waals surface area contributed by atoms with E-state index in [1.807, 2.05) is 25.2 Å². The van der Waals surface area contributed by atoms with Crippen LogP contribution in [0.25, 0.3) is 10.9 Å². The highest BCUT2D eigenvalue weighted by atomic mass is 35.5. The molecular formula is C15H12ClN3O2. The fraction of sp³-hybridized carbons (Fsp3) is 0.133. The van der Waals surface area contributed by atoms with Gasteiger partial charge in [0.2, 0.25) is 0 Å². The van der Waals surface area contributed by atoms with E-state index >= 15 is 0 Å². The Balaban J connectivity index is 2.11. The third-order valence-electron chi connectivity index (χ3n) is 3.38. The standard InChI is InChI=1S/C15H12ClN3O2/c1-19-14-3-2-10(16)7-12(14)13(18-19)6-9-8-17-5-4-11(9)15(20)21/h2-5,7-8H,6H2,1H3,(H,20,21). The number of halogens is 1. The average Bonchev–Trinajstić information content (AvgIpc) is 2.75. The molecule has 0 aliphatic rings. The Morgan fingerprint density at radius 2 is 2.19 bits per heavy atom. The topological polar surface area (TPSA) is 68.0 Å². The van der Waals surface area contributed by atoms with Gasteiger partial charge in [-0.25, -0.2) is 4.79 Å². The first-order chi connectivity index (χ1) is 10.1. The maximum atomic E-state index is 11.3. The molecule has 6 heteroatoms. The van der Waals surface area contributed by atoms with E-state index in [-0.39, 0.29) is 5.56 Å². The van der Waals surface area contributed by atoms with Gasteiger partial charge < -0.3 is 5.11 Å². The number of hydrogen-bond donors (Lipinski definition) is 1. The summed E-state index contributed by atoms with van der Waals surface area (Å²) in [5.41, 5.74) is 2.61. The van der Waals surface area contributed by atoms with Crippen molar-refractivity contribution in [1.82, 2.24) is 14.8 Å². The zero-order valence-electron chi connectivity index (χ0n) is 11.2. The SMILES string of the molecule is Cn1nc(Cc2cnccc2C(=O)O)c2cc(Cl)ccc21. The Bertz CT molecular complexity index is 842. The molecule has 0 bridgehead atoms. The molecule has 0 unspecified atom stereocenters. The minimum Gasteiger partial charge on any atom is -0.478 e. The van der Waals surface area contributed by atoms with Gasteiger partial charge in [-0.2, -0.15) is 5.10 Å². The van der Waals surface area contributed by atoms with E-state index in [4.69, 9.17) is 11.6 Å². The summed E-state index contributed by atoms with van der Waals surface area (Å²) in [5.74, 6) is -0.967. The highest BCUT2D eigenvalue weighted by molar-refractivity contribution is 6.31. The Morgan fingerprint density at radius 1 is 1.38 bits per heavy atom. The number of benzene rings is 1. The summed E-state index contributed by atoms with van der Waals surface area (Å²) in [6.45, 7) is 0. The molecule has 0 saturated carbocycles. The molecule has 3 aromatic rings. The summed E-state index contributed by atoms with van der Waals surface area (Å²) < 4.78 is 1.76. The quantitative estimate of drug-likeness (QED) is 0.807. The van der Waals surface area contributed by atoms with Gasteiger partial charge in [0.1, 0.15) is 0 Å². The number of carboxylic acid groups (broad SMARTS) is 1. The van der Waals surface area contributed by atoms with Gasteiger partial charge in [-0.1, -0.05) is 11.6 Å². The second-order valence-corrected chi connectivity index (χ2v) is 5.18. The number of carboxylic acids is 1. The van der Waals surface area contributed by atoms with Crippen molar-refractivity contribution in [2.24, 2.45) is 7.05 Å². The van der Waals surface area contributed by atoms with Crippen LogP contribution in [0, 0.1) is 0 Å². The number of aromatic carboxylic acids is 1. The summed E-state index contributed by atoms with van der Waals surface area (Å²) in [4.78, 5) is 15.3. The van der Waals surface area contributed by atoms with Gasteiger partial charge in [0.15, 0.2) is 0 Å². The van der Waals surface area contributed by atoms with Gasteiger partial charge in [-0.05, 0) is 29.8 Å². The smallest absolute Gasteiger partial charge is 0.336 e.